The van der Waals surface area contributed by atoms with Gasteiger partial charge in [-0.1, -0.05) is 13.0 Å². The van der Waals surface area contributed by atoms with E-state index in [4.69, 9.17) is 5.11 Å². The van der Waals surface area contributed by atoms with Crippen molar-refractivity contribution in [2.75, 3.05) is 6.61 Å². The van der Waals surface area contributed by atoms with E-state index in [2.05, 4.69) is 40.8 Å². The summed E-state index contributed by atoms with van der Waals surface area (Å²) >= 11 is 2.35. The summed E-state index contributed by atoms with van der Waals surface area (Å²) in [5.41, 5.74) is 2.64. The number of rotatable bonds is 3. The quantitative estimate of drug-likeness (QED) is 0.851. The Morgan fingerprint density at radius 3 is 2.71 bits per heavy atom. The fraction of sp³-hybridized carbons (Fsp3) is 0.417. The van der Waals surface area contributed by atoms with Crippen molar-refractivity contribution in [2.24, 2.45) is 0 Å². The highest BCUT2D eigenvalue weighted by Crippen LogP contribution is 2.41. The Bertz CT molecular complexity index is 331. The third-order valence-corrected chi connectivity index (χ3v) is 3.32. The van der Waals surface area contributed by atoms with Crippen LogP contribution in [0.2, 0.25) is 0 Å². The van der Waals surface area contributed by atoms with Crippen LogP contribution in [-0.4, -0.2) is 11.7 Å². The molecule has 1 radical (unpaired) electrons. The fourth-order valence-corrected chi connectivity index (χ4v) is 2.30. The van der Waals surface area contributed by atoms with Crippen molar-refractivity contribution < 1.29 is 5.11 Å². The molecular formula is C12H14IO. The molecule has 0 aliphatic heterocycles. The van der Waals surface area contributed by atoms with E-state index in [0.717, 1.165) is 11.8 Å². The molecule has 1 N–H and O–H groups in total. The Kier molecular flexibility index (Phi) is 3.12. The van der Waals surface area contributed by atoms with Crippen LogP contribution in [0.15, 0.2) is 18.2 Å². The monoisotopic (exact) mass is 301 g/mol. The van der Waals surface area contributed by atoms with Gasteiger partial charge in [0.25, 0.3) is 0 Å². The lowest BCUT2D eigenvalue weighted by molar-refractivity contribution is 0.315. The normalized spacial score (nSPS) is 16.3. The van der Waals surface area contributed by atoms with Gasteiger partial charge in [-0.15, -0.1) is 0 Å². The van der Waals surface area contributed by atoms with Crippen molar-refractivity contribution in [2.45, 2.75) is 25.7 Å². The Labute approximate surface area is 98.7 Å². The Morgan fingerprint density at radius 1 is 1.43 bits per heavy atom. The molecule has 14 heavy (non-hydrogen) atoms. The Morgan fingerprint density at radius 2 is 2.14 bits per heavy atom. The van der Waals surface area contributed by atoms with Crippen molar-refractivity contribution in [1.82, 2.24) is 0 Å². The molecule has 1 saturated carbocycles. The third kappa shape index (κ3) is 2.28. The summed E-state index contributed by atoms with van der Waals surface area (Å²) in [6.07, 6.45) is 2.66. The second kappa shape index (κ2) is 4.19. The summed E-state index contributed by atoms with van der Waals surface area (Å²) in [5, 5.41) is 9.08. The summed E-state index contributed by atoms with van der Waals surface area (Å²) < 4.78 is 1.27. The lowest BCUT2D eigenvalue weighted by Gasteiger charge is -2.10. The van der Waals surface area contributed by atoms with E-state index >= 15 is 0 Å². The number of aliphatic hydroxyl groups excluding tert-OH is 1. The molecule has 1 nitrogen and oxygen atoms in total. The number of benzene rings is 1. The van der Waals surface area contributed by atoms with E-state index in [1.165, 1.54) is 27.5 Å². The molecule has 0 atom stereocenters. The van der Waals surface area contributed by atoms with E-state index < -0.39 is 0 Å². The average Bonchev–Trinajstić information content (AvgIpc) is 2.98. The van der Waals surface area contributed by atoms with Crippen LogP contribution in [-0.2, 0) is 0 Å². The second-order valence-electron chi connectivity index (χ2n) is 3.99. The van der Waals surface area contributed by atoms with Gasteiger partial charge in [0.15, 0.2) is 0 Å². The van der Waals surface area contributed by atoms with Gasteiger partial charge in [0.1, 0.15) is 0 Å². The zero-order valence-electron chi connectivity index (χ0n) is 8.26. The number of halogens is 1. The first-order valence-electron chi connectivity index (χ1n) is 4.95. The van der Waals surface area contributed by atoms with Crippen LogP contribution in [0.3, 0.4) is 0 Å². The molecule has 2 rings (SSSR count). The van der Waals surface area contributed by atoms with E-state index in [9.17, 15) is 0 Å². The summed E-state index contributed by atoms with van der Waals surface area (Å²) in [6.45, 7) is 2.15. The van der Waals surface area contributed by atoms with Gasteiger partial charge in [0.2, 0.25) is 0 Å². The lowest BCUT2D eigenvalue weighted by atomic mass is 9.98. The Balaban J connectivity index is 2.30. The maximum Gasteiger partial charge on any atom is 0.0534 e. The molecule has 2 heteroatoms. The van der Waals surface area contributed by atoms with Gasteiger partial charge in [-0.3, -0.25) is 0 Å². The van der Waals surface area contributed by atoms with Gasteiger partial charge < -0.3 is 5.11 Å². The van der Waals surface area contributed by atoms with Crippen molar-refractivity contribution in [3.05, 3.63) is 38.8 Å². The topological polar surface area (TPSA) is 20.2 Å². The highest BCUT2D eigenvalue weighted by molar-refractivity contribution is 14.1. The molecule has 0 amide bonds. The highest BCUT2D eigenvalue weighted by Gasteiger charge is 2.24. The lowest BCUT2D eigenvalue weighted by Crippen LogP contribution is -2.01. The molecule has 0 aromatic heterocycles. The van der Waals surface area contributed by atoms with Gasteiger partial charge in [0, 0.05) is 9.49 Å². The first kappa shape index (κ1) is 10.4. The largest absolute Gasteiger partial charge is 0.395 e. The van der Waals surface area contributed by atoms with Crippen LogP contribution < -0.4 is 0 Å². The maximum absolute atomic E-state index is 9.08. The number of aliphatic hydroxyl groups is 1. The molecular weight excluding hydrogens is 287 g/mol. The summed E-state index contributed by atoms with van der Waals surface area (Å²) in [4.78, 5) is 0. The van der Waals surface area contributed by atoms with Crippen molar-refractivity contribution in [3.63, 3.8) is 0 Å². The van der Waals surface area contributed by atoms with Gasteiger partial charge in [-0.05, 0) is 64.6 Å². The summed E-state index contributed by atoms with van der Waals surface area (Å²) in [6, 6.07) is 6.62. The van der Waals surface area contributed by atoms with Crippen LogP contribution in [0.4, 0.5) is 0 Å². The van der Waals surface area contributed by atoms with Crippen LogP contribution in [0.25, 0.3) is 0 Å². The van der Waals surface area contributed by atoms with Crippen LogP contribution >= 0.6 is 22.6 Å². The van der Waals surface area contributed by atoms with Gasteiger partial charge in [-0.25, -0.2) is 0 Å². The molecule has 0 spiro atoms. The van der Waals surface area contributed by atoms with Crippen molar-refractivity contribution in [3.8, 4) is 0 Å². The minimum absolute atomic E-state index is 0.157. The molecule has 1 fully saturated rings. The molecule has 1 aliphatic carbocycles. The van der Waals surface area contributed by atoms with Gasteiger partial charge >= 0.3 is 0 Å². The van der Waals surface area contributed by atoms with E-state index in [1.807, 2.05) is 6.92 Å². The smallest absolute Gasteiger partial charge is 0.0534 e. The predicted octanol–water partition coefficient (Wildman–Crippen LogP) is 3.10. The average molecular weight is 301 g/mol. The zero-order valence-corrected chi connectivity index (χ0v) is 10.4. The molecule has 1 aromatic carbocycles. The van der Waals surface area contributed by atoms with E-state index in [-0.39, 0.29) is 6.61 Å². The summed E-state index contributed by atoms with van der Waals surface area (Å²) in [5.74, 6) is 1.85. The Hall–Kier alpha value is -0.0900. The first-order chi connectivity index (χ1) is 6.70. The van der Waals surface area contributed by atoms with Gasteiger partial charge in [-0.2, -0.15) is 0 Å². The molecule has 0 bridgehead atoms. The van der Waals surface area contributed by atoms with E-state index in [0.29, 0.717) is 0 Å². The first-order valence-corrected chi connectivity index (χ1v) is 6.02. The van der Waals surface area contributed by atoms with Crippen LogP contribution in [0.1, 0.15) is 36.8 Å². The van der Waals surface area contributed by atoms with Gasteiger partial charge in [0.05, 0.1) is 6.61 Å². The van der Waals surface area contributed by atoms with Crippen molar-refractivity contribution in [1.29, 1.82) is 0 Å². The number of hydrogen-bond acceptors (Lipinski definition) is 1. The molecule has 1 aromatic rings. The SMILES string of the molecule is C[C](CO)c1cc(I)cc(C2CC2)c1. The van der Waals surface area contributed by atoms with Crippen LogP contribution in [0.5, 0.6) is 0 Å². The highest BCUT2D eigenvalue weighted by atomic mass is 127. The zero-order chi connectivity index (χ0) is 10.1. The molecule has 0 heterocycles. The molecule has 0 saturated heterocycles. The van der Waals surface area contributed by atoms with Crippen LogP contribution in [0, 0.1) is 9.49 Å². The minimum Gasteiger partial charge on any atom is -0.395 e. The second-order valence-corrected chi connectivity index (χ2v) is 5.23. The maximum atomic E-state index is 9.08. The van der Waals surface area contributed by atoms with E-state index in [1.54, 1.807) is 0 Å². The van der Waals surface area contributed by atoms with Crippen molar-refractivity contribution >= 4 is 22.6 Å². The molecule has 75 valence electrons. The fourth-order valence-electron chi connectivity index (χ4n) is 1.60. The minimum atomic E-state index is 0.157. The standard InChI is InChI=1S/C12H14IO/c1-8(7-14)10-4-11(9-2-3-9)6-12(13)5-10/h4-6,9,14H,2-3,7H2,1H3. The summed E-state index contributed by atoms with van der Waals surface area (Å²) in [7, 11) is 0. The predicted molar refractivity (Wildman–Crippen MR) is 66.2 cm³/mol. The molecule has 0 unspecified atom stereocenters. The molecule has 1 aliphatic rings. The number of hydrogen-bond donors (Lipinski definition) is 1. The third-order valence-electron chi connectivity index (χ3n) is 2.70.